The second-order valence-electron chi connectivity index (χ2n) is 5.18. The molecule has 0 radical (unpaired) electrons. The lowest BCUT2D eigenvalue weighted by Crippen LogP contribution is -2.49. The van der Waals surface area contributed by atoms with E-state index in [1.54, 1.807) is 24.9 Å². The highest BCUT2D eigenvalue weighted by Crippen LogP contribution is 2.21. The number of rotatable bonds is 10. The fourth-order valence-electron chi connectivity index (χ4n) is 1.88. The van der Waals surface area contributed by atoms with Crippen LogP contribution in [0.5, 0.6) is 0 Å². The lowest BCUT2D eigenvalue weighted by molar-refractivity contribution is -0.144. The summed E-state index contributed by atoms with van der Waals surface area (Å²) in [4.78, 5) is 15.6. The molecule has 0 bridgehead atoms. The molecule has 1 aromatic heterocycles. The minimum Gasteiger partial charge on any atom is -0.480 e. The number of hydrogen-bond donors (Lipinski definition) is 2. The van der Waals surface area contributed by atoms with Crippen molar-refractivity contribution in [2.45, 2.75) is 50.1 Å². The van der Waals surface area contributed by atoms with E-state index in [9.17, 15) is 9.90 Å². The van der Waals surface area contributed by atoms with Gasteiger partial charge in [-0.25, -0.2) is 4.98 Å². The standard InChI is InChI=1S/C15H23ClN2O2S/c1-3-9-18-15(2,14(19)20)8-4-5-10-21-13-7-6-12(16)11-17-13/h6-7,11,18H,3-5,8-10H2,1-2H3,(H,19,20). The monoisotopic (exact) mass is 330 g/mol. The van der Waals surface area contributed by atoms with E-state index in [0.717, 1.165) is 36.6 Å². The Hall–Kier alpha value is -0.780. The predicted molar refractivity (Wildman–Crippen MR) is 88.2 cm³/mol. The highest BCUT2D eigenvalue weighted by Gasteiger charge is 2.31. The Kier molecular flexibility index (Phi) is 8.07. The van der Waals surface area contributed by atoms with Crippen LogP contribution in [0.15, 0.2) is 23.4 Å². The molecule has 4 nitrogen and oxygen atoms in total. The molecular weight excluding hydrogens is 308 g/mol. The number of nitrogens with zero attached hydrogens (tertiary/aromatic N) is 1. The van der Waals surface area contributed by atoms with Crippen LogP contribution in [-0.4, -0.2) is 33.9 Å². The normalized spacial score (nSPS) is 13.9. The summed E-state index contributed by atoms with van der Waals surface area (Å²) in [6, 6.07) is 3.73. The maximum Gasteiger partial charge on any atom is 0.323 e. The Balaban J connectivity index is 2.28. The minimum atomic E-state index is -0.820. The second-order valence-corrected chi connectivity index (χ2v) is 6.74. The lowest BCUT2D eigenvalue weighted by atomic mass is 9.95. The van der Waals surface area contributed by atoms with Crippen LogP contribution >= 0.6 is 23.4 Å². The molecular formula is C15H23ClN2O2S. The van der Waals surface area contributed by atoms with Gasteiger partial charge in [-0.1, -0.05) is 24.9 Å². The van der Waals surface area contributed by atoms with Crippen LogP contribution in [0.1, 0.15) is 39.5 Å². The topological polar surface area (TPSA) is 62.2 Å². The summed E-state index contributed by atoms with van der Waals surface area (Å²) in [5, 5.41) is 14.0. The van der Waals surface area contributed by atoms with Gasteiger partial charge in [0.25, 0.3) is 0 Å². The van der Waals surface area contributed by atoms with Crippen molar-refractivity contribution in [3.63, 3.8) is 0 Å². The van der Waals surface area contributed by atoms with Crippen molar-refractivity contribution < 1.29 is 9.90 Å². The molecule has 0 fully saturated rings. The van der Waals surface area contributed by atoms with Gasteiger partial charge in [0.1, 0.15) is 5.54 Å². The van der Waals surface area contributed by atoms with E-state index in [1.807, 2.05) is 19.1 Å². The van der Waals surface area contributed by atoms with Crippen molar-refractivity contribution in [1.82, 2.24) is 10.3 Å². The second kappa shape index (κ2) is 9.28. The smallest absolute Gasteiger partial charge is 0.323 e. The minimum absolute atomic E-state index is 0.636. The molecule has 0 aliphatic carbocycles. The molecule has 21 heavy (non-hydrogen) atoms. The molecule has 6 heteroatoms. The van der Waals surface area contributed by atoms with Crippen molar-refractivity contribution in [1.29, 1.82) is 0 Å². The van der Waals surface area contributed by atoms with E-state index in [2.05, 4.69) is 10.3 Å². The van der Waals surface area contributed by atoms with Gasteiger partial charge in [0.05, 0.1) is 10.0 Å². The molecule has 1 unspecified atom stereocenters. The quantitative estimate of drug-likeness (QED) is 0.504. The largest absolute Gasteiger partial charge is 0.480 e. The third kappa shape index (κ3) is 6.68. The lowest BCUT2D eigenvalue weighted by Gasteiger charge is -2.26. The highest BCUT2D eigenvalue weighted by molar-refractivity contribution is 7.99. The van der Waals surface area contributed by atoms with Gasteiger partial charge < -0.3 is 10.4 Å². The molecule has 0 saturated heterocycles. The number of pyridine rings is 1. The van der Waals surface area contributed by atoms with Gasteiger partial charge >= 0.3 is 5.97 Å². The van der Waals surface area contributed by atoms with Gasteiger partial charge in [-0.15, -0.1) is 11.8 Å². The van der Waals surface area contributed by atoms with Crippen LogP contribution in [0.3, 0.4) is 0 Å². The first-order valence-corrected chi connectivity index (χ1v) is 8.57. The maximum atomic E-state index is 11.4. The molecule has 0 amide bonds. The molecule has 0 spiro atoms. The zero-order chi connectivity index (χ0) is 15.7. The van der Waals surface area contributed by atoms with E-state index < -0.39 is 11.5 Å². The van der Waals surface area contributed by atoms with Crippen molar-refractivity contribution in [2.75, 3.05) is 12.3 Å². The third-order valence-corrected chi connectivity index (χ3v) is 4.51. The Morgan fingerprint density at radius 3 is 2.81 bits per heavy atom. The molecule has 0 aliphatic rings. The van der Waals surface area contributed by atoms with Crippen LogP contribution in [-0.2, 0) is 4.79 Å². The summed E-state index contributed by atoms with van der Waals surface area (Å²) in [7, 11) is 0. The van der Waals surface area contributed by atoms with Gasteiger partial charge in [-0.05, 0) is 50.6 Å². The van der Waals surface area contributed by atoms with Gasteiger partial charge in [0, 0.05) is 6.20 Å². The van der Waals surface area contributed by atoms with E-state index >= 15 is 0 Å². The van der Waals surface area contributed by atoms with Gasteiger partial charge in [-0.2, -0.15) is 0 Å². The molecule has 2 N–H and O–H groups in total. The average molecular weight is 331 g/mol. The predicted octanol–water partition coefficient (Wildman–Crippen LogP) is 3.84. The number of hydrogen-bond acceptors (Lipinski definition) is 4. The van der Waals surface area contributed by atoms with Crippen molar-refractivity contribution >= 4 is 29.3 Å². The highest BCUT2D eigenvalue weighted by atomic mass is 35.5. The van der Waals surface area contributed by atoms with E-state index in [0.29, 0.717) is 11.4 Å². The van der Waals surface area contributed by atoms with Crippen LogP contribution in [0.4, 0.5) is 0 Å². The fraction of sp³-hybridized carbons (Fsp3) is 0.600. The molecule has 1 heterocycles. The fourth-order valence-corrected chi connectivity index (χ4v) is 2.84. The first-order valence-electron chi connectivity index (χ1n) is 7.20. The number of carbonyl (C=O) groups is 1. The van der Waals surface area contributed by atoms with Crippen molar-refractivity contribution in [3.05, 3.63) is 23.4 Å². The maximum absolute atomic E-state index is 11.4. The average Bonchev–Trinajstić information content (AvgIpc) is 2.46. The van der Waals surface area contributed by atoms with E-state index in [-0.39, 0.29) is 0 Å². The van der Waals surface area contributed by atoms with Gasteiger partial charge in [0.15, 0.2) is 0 Å². The zero-order valence-electron chi connectivity index (χ0n) is 12.6. The first-order chi connectivity index (χ1) is 9.98. The van der Waals surface area contributed by atoms with Crippen LogP contribution < -0.4 is 5.32 Å². The van der Waals surface area contributed by atoms with Crippen LogP contribution in [0, 0.1) is 0 Å². The molecule has 0 aliphatic heterocycles. The summed E-state index contributed by atoms with van der Waals surface area (Å²) < 4.78 is 0. The Bertz CT molecular complexity index is 442. The summed E-state index contributed by atoms with van der Waals surface area (Å²) in [6.07, 6.45) is 5.05. The van der Waals surface area contributed by atoms with Gasteiger partial charge in [-0.3, -0.25) is 4.79 Å². The number of aromatic nitrogens is 1. The number of carboxylic acid groups (broad SMARTS) is 1. The molecule has 0 saturated carbocycles. The Labute approximate surface area is 135 Å². The SMILES string of the molecule is CCCNC(C)(CCCCSc1ccc(Cl)cn1)C(=O)O. The number of aliphatic carboxylic acids is 1. The summed E-state index contributed by atoms with van der Waals surface area (Å²) in [5.74, 6) is 0.154. The number of halogens is 1. The number of nitrogens with one attached hydrogen (secondary N) is 1. The zero-order valence-corrected chi connectivity index (χ0v) is 14.1. The van der Waals surface area contributed by atoms with Gasteiger partial charge in [0.2, 0.25) is 0 Å². The van der Waals surface area contributed by atoms with Crippen molar-refractivity contribution in [2.24, 2.45) is 0 Å². The number of carboxylic acids is 1. The molecule has 1 atom stereocenters. The molecule has 1 rings (SSSR count). The number of thioether (sulfide) groups is 1. The summed E-state index contributed by atoms with van der Waals surface area (Å²) in [6.45, 7) is 4.52. The van der Waals surface area contributed by atoms with Crippen LogP contribution in [0.25, 0.3) is 0 Å². The Morgan fingerprint density at radius 1 is 1.48 bits per heavy atom. The van der Waals surface area contributed by atoms with E-state index in [4.69, 9.17) is 11.6 Å². The first kappa shape index (κ1) is 18.3. The molecule has 118 valence electrons. The number of unbranched alkanes of at least 4 members (excludes halogenated alkanes) is 1. The van der Waals surface area contributed by atoms with Crippen LogP contribution in [0.2, 0.25) is 5.02 Å². The third-order valence-electron chi connectivity index (χ3n) is 3.26. The molecule has 0 aromatic carbocycles. The van der Waals surface area contributed by atoms with E-state index in [1.165, 1.54) is 0 Å². The molecule has 1 aromatic rings. The van der Waals surface area contributed by atoms with Crippen molar-refractivity contribution in [3.8, 4) is 0 Å². The Morgan fingerprint density at radius 2 is 2.24 bits per heavy atom. The summed E-state index contributed by atoms with van der Waals surface area (Å²) in [5.41, 5.74) is -0.820. The summed E-state index contributed by atoms with van der Waals surface area (Å²) >= 11 is 7.45.